The second-order valence-corrected chi connectivity index (χ2v) is 4.47. The maximum absolute atomic E-state index is 10.4. The number of hydrogen-bond donors (Lipinski definition) is 1. The minimum Gasteiger partial charge on any atom is -0.496 e. The number of carboxylic acid groups (broad SMARTS) is 1. The normalized spacial score (nSPS) is 10.8. The Hall–Kier alpha value is -1.77. The molecule has 0 aliphatic carbocycles. The number of ether oxygens (including phenoxy) is 1. The number of hydrogen-bond acceptors (Lipinski definition) is 2. The van der Waals surface area contributed by atoms with Crippen LogP contribution in [0.5, 0.6) is 5.75 Å². The Morgan fingerprint density at radius 3 is 2.84 bits per heavy atom. The van der Waals surface area contributed by atoms with E-state index in [4.69, 9.17) is 9.84 Å². The van der Waals surface area contributed by atoms with Gasteiger partial charge in [-0.1, -0.05) is 37.6 Å². The molecule has 1 aromatic rings. The molecular formula is C16H22O3. The standard InChI is InChI=1S/C16H22O3/c1-3-8-14-13(10-7-11-15(14)19-2)9-5-4-6-12-16(17)18/h5,7,9-11H,3-4,6,8,12H2,1-2H3,(H,17,18)/b9-5+. The van der Waals surface area contributed by atoms with Crippen LogP contribution >= 0.6 is 0 Å². The number of carbonyl (C=O) groups is 1. The van der Waals surface area contributed by atoms with Gasteiger partial charge in [-0.2, -0.15) is 0 Å². The van der Waals surface area contributed by atoms with Crippen molar-refractivity contribution in [3.05, 3.63) is 35.4 Å². The predicted molar refractivity (Wildman–Crippen MR) is 77.5 cm³/mol. The van der Waals surface area contributed by atoms with Gasteiger partial charge in [-0.25, -0.2) is 0 Å². The first-order valence-electron chi connectivity index (χ1n) is 6.73. The number of carboxylic acids is 1. The van der Waals surface area contributed by atoms with Gasteiger partial charge in [0.15, 0.2) is 0 Å². The molecule has 0 heterocycles. The Labute approximate surface area is 114 Å². The monoisotopic (exact) mass is 262 g/mol. The molecular weight excluding hydrogens is 240 g/mol. The topological polar surface area (TPSA) is 46.5 Å². The minimum atomic E-state index is -0.735. The lowest BCUT2D eigenvalue weighted by Gasteiger charge is -2.10. The molecule has 0 unspecified atom stereocenters. The smallest absolute Gasteiger partial charge is 0.303 e. The summed E-state index contributed by atoms with van der Waals surface area (Å²) in [7, 11) is 1.69. The Bertz CT molecular complexity index is 436. The summed E-state index contributed by atoms with van der Waals surface area (Å²) in [5, 5.41) is 8.57. The molecule has 0 fully saturated rings. The number of unbranched alkanes of at least 4 members (excludes halogenated alkanes) is 1. The first kappa shape index (κ1) is 15.3. The van der Waals surface area contributed by atoms with Crippen LogP contribution in [0.2, 0.25) is 0 Å². The molecule has 0 saturated carbocycles. The lowest BCUT2D eigenvalue weighted by molar-refractivity contribution is -0.137. The van der Waals surface area contributed by atoms with E-state index in [1.54, 1.807) is 7.11 Å². The van der Waals surface area contributed by atoms with Gasteiger partial charge in [0.25, 0.3) is 0 Å². The van der Waals surface area contributed by atoms with Crippen LogP contribution in [0, 0.1) is 0 Å². The van der Waals surface area contributed by atoms with Crippen molar-refractivity contribution in [1.82, 2.24) is 0 Å². The summed E-state index contributed by atoms with van der Waals surface area (Å²) in [6.45, 7) is 2.15. The SMILES string of the molecule is CCCc1c(/C=C/CCCC(=O)O)cccc1OC. The molecule has 104 valence electrons. The van der Waals surface area contributed by atoms with Crippen molar-refractivity contribution in [2.45, 2.75) is 39.0 Å². The molecule has 19 heavy (non-hydrogen) atoms. The molecule has 3 heteroatoms. The van der Waals surface area contributed by atoms with Crippen LogP contribution in [0.3, 0.4) is 0 Å². The van der Waals surface area contributed by atoms with Crippen LogP contribution in [0.25, 0.3) is 6.08 Å². The van der Waals surface area contributed by atoms with Gasteiger partial charge >= 0.3 is 5.97 Å². The van der Waals surface area contributed by atoms with Crippen LogP contribution < -0.4 is 4.74 Å². The molecule has 0 aliphatic heterocycles. The highest BCUT2D eigenvalue weighted by molar-refractivity contribution is 5.66. The Morgan fingerprint density at radius 2 is 2.21 bits per heavy atom. The van der Waals surface area contributed by atoms with Gasteiger partial charge in [-0.05, 0) is 30.9 Å². The second kappa shape index (κ2) is 8.35. The van der Waals surface area contributed by atoms with Gasteiger partial charge in [-0.15, -0.1) is 0 Å². The average Bonchev–Trinajstić information content (AvgIpc) is 2.39. The van der Waals surface area contributed by atoms with E-state index in [2.05, 4.69) is 19.1 Å². The number of allylic oxidation sites excluding steroid dienone is 1. The summed E-state index contributed by atoms with van der Waals surface area (Å²) >= 11 is 0. The van der Waals surface area contributed by atoms with E-state index < -0.39 is 5.97 Å². The lowest BCUT2D eigenvalue weighted by Crippen LogP contribution is -1.95. The minimum absolute atomic E-state index is 0.226. The second-order valence-electron chi connectivity index (χ2n) is 4.47. The molecule has 1 aromatic carbocycles. The maximum atomic E-state index is 10.4. The fourth-order valence-corrected chi connectivity index (χ4v) is 2.03. The van der Waals surface area contributed by atoms with Crippen molar-refractivity contribution in [2.24, 2.45) is 0 Å². The Kier molecular flexibility index (Phi) is 6.72. The molecule has 0 spiro atoms. The first-order chi connectivity index (χ1) is 9.19. The maximum Gasteiger partial charge on any atom is 0.303 e. The van der Waals surface area contributed by atoms with Gasteiger partial charge in [0, 0.05) is 12.0 Å². The summed E-state index contributed by atoms with van der Waals surface area (Å²) in [5.74, 6) is 0.191. The summed E-state index contributed by atoms with van der Waals surface area (Å²) < 4.78 is 5.39. The van der Waals surface area contributed by atoms with Crippen LogP contribution in [-0.4, -0.2) is 18.2 Å². The largest absolute Gasteiger partial charge is 0.496 e. The molecule has 1 rings (SSSR count). The van der Waals surface area contributed by atoms with E-state index in [9.17, 15) is 4.79 Å². The fourth-order valence-electron chi connectivity index (χ4n) is 2.03. The zero-order chi connectivity index (χ0) is 14.1. The molecule has 0 atom stereocenters. The van der Waals surface area contributed by atoms with Crippen LogP contribution in [0.15, 0.2) is 24.3 Å². The molecule has 0 bridgehead atoms. The van der Waals surface area contributed by atoms with Crippen molar-refractivity contribution in [1.29, 1.82) is 0 Å². The molecule has 0 aromatic heterocycles. The van der Waals surface area contributed by atoms with E-state index in [0.29, 0.717) is 6.42 Å². The number of aliphatic carboxylic acids is 1. The number of benzene rings is 1. The third-order valence-corrected chi connectivity index (χ3v) is 2.95. The third-order valence-electron chi connectivity index (χ3n) is 2.95. The van der Waals surface area contributed by atoms with Crippen molar-refractivity contribution in [3.8, 4) is 5.75 Å². The van der Waals surface area contributed by atoms with Gasteiger partial charge in [-0.3, -0.25) is 4.79 Å². The third kappa shape index (κ3) is 5.16. The van der Waals surface area contributed by atoms with E-state index in [1.807, 2.05) is 18.2 Å². The summed E-state index contributed by atoms with van der Waals surface area (Å²) in [6, 6.07) is 6.03. The highest BCUT2D eigenvalue weighted by atomic mass is 16.5. The Balaban J connectivity index is 2.70. The summed E-state index contributed by atoms with van der Waals surface area (Å²) in [6.07, 6.45) is 7.85. The fraction of sp³-hybridized carbons (Fsp3) is 0.438. The molecule has 0 radical (unpaired) electrons. The molecule has 1 N–H and O–H groups in total. The van der Waals surface area contributed by atoms with Crippen LogP contribution in [-0.2, 0) is 11.2 Å². The molecule has 0 aliphatic rings. The lowest BCUT2D eigenvalue weighted by atomic mass is 10.0. The quantitative estimate of drug-likeness (QED) is 0.722. The molecule has 0 amide bonds. The van der Waals surface area contributed by atoms with Crippen molar-refractivity contribution < 1.29 is 14.6 Å². The highest BCUT2D eigenvalue weighted by Crippen LogP contribution is 2.25. The van der Waals surface area contributed by atoms with Crippen molar-refractivity contribution in [3.63, 3.8) is 0 Å². The van der Waals surface area contributed by atoms with E-state index >= 15 is 0 Å². The van der Waals surface area contributed by atoms with E-state index in [1.165, 1.54) is 5.56 Å². The summed E-state index contributed by atoms with van der Waals surface area (Å²) in [5.41, 5.74) is 2.39. The zero-order valence-corrected chi connectivity index (χ0v) is 11.7. The van der Waals surface area contributed by atoms with Crippen LogP contribution in [0.1, 0.15) is 43.7 Å². The van der Waals surface area contributed by atoms with Crippen molar-refractivity contribution in [2.75, 3.05) is 7.11 Å². The van der Waals surface area contributed by atoms with Gasteiger partial charge in [0.2, 0.25) is 0 Å². The van der Waals surface area contributed by atoms with Gasteiger partial charge in [0.1, 0.15) is 5.75 Å². The van der Waals surface area contributed by atoms with Gasteiger partial charge < -0.3 is 9.84 Å². The predicted octanol–water partition coefficient (Wildman–Crippen LogP) is 3.92. The summed E-state index contributed by atoms with van der Waals surface area (Å²) in [4.78, 5) is 10.4. The molecule has 3 nitrogen and oxygen atoms in total. The van der Waals surface area contributed by atoms with E-state index in [-0.39, 0.29) is 6.42 Å². The van der Waals surface area contributed by atoms with Crippen LogP contribution in [0.4, 0.5) is 0 Å². The Morgan fingerprint density at radius 1 is 1.42 bits per heavy atom. The highest BCUT2D eigenvalue weighted by Gasteiger charge is 2.05. The molecule has 0 saturated heterocycles. The van der Waals surface area contributed by atoms with Crippen molar-refractivity contribution >= 4 is 12.0 Å². The zero-order valence-electron chi connectivity index (χ0n) is 11.7. The van der Waals surface area contributed by atoms with Gasteiger partial charge in [0.05, 0.1) is 7.11 Å². The first-order valence-corrected chi connectivity index (χ1v) is 6.73. The number of rotatable bonds is 8. The van der Waals surface area contributed by atoms with E-state index in [0.717, 1.165) is 30.6 Å². The number of methoxy groups -OCH3 is 1. The average molecular weight is 262 g/mol.